The summed E-state index contributed by atoms with van der Waals surface area (Å²) >= 11 is 0. The number of rotatable bonds is 9. The van der Waals surface area contributed by atoms with Crippen LogP contribution in [-0.2, 0) is 11.2 Å². The molecule has 0 aliphatic rings. The second-order valence-corrected chi connectivity index (χ2v) is 6.54. The van der Waals surface area contributed by atoms with Crippen LogP contribution in [0.15, 0.2) is 42.5 Å². The summed E-state index contributed by atoms with van der Waals surface area (Å²) in [5.74, 6) is 0.397. The van der Waals surface area contributed by atoms with Gasteiger partial charge in [-0.2, -0.15) is 0 Å². The number of nitrogens with one attached hydrogen (secondary N) is 1. The molecule has 1 aromatic rings. The molecule has 0 aromatic heterocycles. The van der Waals surface area contributed by atoms with Crippen LogP contribution in [0.2, 0.25) is 0 Å². The predicted molar refractivity (Wildman–Crippen MR) is 96.5 cm³/mol. The van der Waals surface area contributed by atoms with Crippen LogP contribution in [0.1, 0.15) is 52.5 Å². The quantitative estimate of drug-likeness (QED) is 0.642. The van der Waals surface area contributed by atoms with Crippen LogP contribution >= 0.6 is 0 Å². The van der Waals surface area contributed by atoms with Gasteiger partial charge in [0.1, 0.15) is 6.10 Å². The van der Waals surface area contributed by atoms with Crippen molar-refractivity contribution in [2.75, 3.05) is 0 Å². The SMILES string of the molecule is C=C(C)CC[C@@H](C)OC(=O)N[C@@H](Cc1ccccc1)[C@H](C)CC. The summed E-state index contributed by atoms with van der Waals surface area (Å²) in [7, 11) is 0. The molecule has 3 heteroatoms. The number of amides is 1. The molecule has 3 atom stereocenters. The smallest absolute Gasteiger partial charge is 0.407 e. The fourth-order valence-corrected chi connectivity index (χ4v) is 2.42. The molecule has 0 fully saturated rings. The first-order valence-corrected chi connectivity index (χ1v) is 8.57. The zero-order valence-electron chi connectivity index (χ0n) is 15.0. The second kappa shape index (κ2) is 10.1. The average molecular weight is 317 g/mol. The monoisotopic (exact) mass is 317 g/mol. The van der Waals surface area contributed by atoms with Crippen molar-refractivity contribution in [3.8, 4) is 0 Å². The third-order valence-corrected chi connectivity index (χ3v) is 4.22. The Bertz CT molecular complexity index is 484. The van der Waals surface area contributed by atoms with Crippen LogP contribution in [0.5, 0.6) is 0 Å². The molecule has 1 amide bonds. The Morgan fingerprint density at radius 1 is 1.26 bits per heavy atom. The number of benzene rings is 1. The molecule has 0 saturated heterocycles. The van der Waals surface area contributed by atoms with Gasteiger partial charge in [-0.3, -0.25) is 0 Å². The van der Waals surface area contributed by atoms with E-state index in [-0.39, 0.29) is 18.2 Å². The maximum atomic E-state index is 12.2. The van der Waals surface area contributed by atoms with Crippen molar-refractivity contribution in [3.63, 3.8) is 0 Å². The summed E-state index contributed by atoms with van der Waals surface area (Å²) in [5, 5.41) is 3.05. The maximum absolute atomic E-state index is 12.2. The van der Waals surface area contributed by atoms with Crippen LogP contribution in [-0.4, -0.2) is 18.2 Å². The first kappa shape index (κ1) is 19.3. The topological polar surface area (TPSA) is 38.3 Å². The number of carbonyl (C=O) groups is 1. The number of ether oxygens (including phenoxy) is 1. The molecule has 0 aliphatic heterocycles. The minimum Gasteiger partial charge on any atom is -0.447 e. The van der Waals surface area contributed by atoms with Crippen LogP contribution in [0.4, 0.5) is 4.79 Å². The summed E-state index contributed by atoms with van der Waals surface area (Å²) in [6, 6.07) is 10.3. The highest BCUT2D eigenvalue weighted by atomic mass is 16.6. The van der Waals surface area contributed by atoms with Gasteiger partial charge in [0.15, 0.2) is 0 Å². The molecular formula is C20H31NO2. The van der Waals surface area contributed by atoms with E-state index in [2.05, 4.69) is 37.9 Å². The van der Waals surface area contributed by atoms with E-state index in [1.54, 1.807) is 0 Å². The van der Waals surface area contributed by atoms with Gasteiger partial charge < -0.3 is 10.1 Å². The normalized spacial score (nSPS) is 14.6. The third-order valence-electron chi connectivity index (χ3n) is 4.22. The van der Waals surface area contributed by atoms with Crippen molar-refractivity contribution in [2.24, 2.45) is 5.92 Å². The molecular weight excluding hydrogens is 286 g/mol. The number of allylic oxidation sites excluding steroid dienone is 1. The molecule has 0 aliphatic carbocycles. The van der Waals surface area contributed by atoms with Gasteiger partial charge in [0.25, 0.3) is 0 Å². The molecule has 0 unspecified atom stereocenters. The third kappa shape index (κ3) is 7.87. The molecule has 23 heavy (non-hydrogen) atoms. The lowest BCUT2D eigenvalue weighted by Crippen LogP contribution is -2.42. The highest BCUT2D eigenvalue weighted by Crippen LogP contribution is 2.15. The number of hydrogen-bond acceptors (Lipinski definition) is 2. The van der Waals surface area contributed by atoms with Gasteiger partial charge in [0, 0.05) is 6.04 Å². The van der Waals surface area contributed by atoms with E-state index in [0.29, 0.717) is 5.92 Å². The number of alkyl carbamates (subject to hydrolysis) is 1. The van der Waals surface area contributed by atoms with E-state index >= 15 is 0 Å². The second-order valence-electron chi connectivity index (χ2n) is 6.54. The molecule has 128 valence electrons. The van der Waals surface area contributed by atoms with Crippen molar-refractivity contribution in [1.29, 1.82) is 0 Å². The van der Waals surface area contributed by atoms with Gasteiger partial charge in [-0.25, -0.2) is 4.79 Å². The minimum absolute atomic E-state index is 0.0863. The van der Waals surface area contributed by atoms with Crippen molar-refractivity contribution < 1.29 is 9.53 Å². The van der Waals surface area contributed by atoms with E-state index in [1.807, 2.05) is 32.0 Å². The predicted octanol–water partition coefficient (Wildman–Crippen LogP) is 5.11. The Hall–Kier alpha value is -1.77. The van der Waals surface area contributed by atoms with Gasteiger partial charge in [-0.1, -0.05) is 56.2 Å². The Balaban J connectivity index is 2.55. The van der Waals surface area contributed by atoms with Crippen LogP contribution in [0.3, 0.4) is 0 Å². The summed E-state index contributed by atoms with van der Waals surface area (Å²) in [5.41, 5.74) is 2.34. The summed E-state index contributed by atoms with van der Waals surface area (Å²) in [6.45, 7) is 12.1. The first-order chi connectivity index (χ1) is 10.9. The summed E-state index contributed by atoms with van der Waals surface area (Å²) < 4.78 is 5.47. The maximum Gasteiger partial charge on any atom is 0.407 e. The molecule has 0 spiro atoms. The molecule has 3 nitrogen and oxygen atoms in total. The average Bonchev–Trinajstić information content (AvgIpc) is 2.52. The van der Waals surface area contributed by atoms with Crippen LogP contribution in [0, 0.1) is 5.92 Å². The van der Waals surface area contributed by atoms with E-state index in [1.165, 1.54) is 5.56 Å². The Labute approximate surface area is 141 Å². The lowest BCUT2D eigenvalue weighted by molar-refractivity contribution is 0.0965. The Morgan fingerprint density at radius 2 is 1.91 bits per heavy atom. The molecule has 1 aromatic carbocycles. The lowest BCUT2D eigenvalue weighted by atomic mass is 9.93. The molecule has 0 radical (unpaired) electrons. The molecule has 1 rings (SSSR count). The number of hydrogen-bond donors (Lipinski definition) is 1. The van der Waals surface area contributed by atoms with Crippen molar-refractivity contribution >= 4 is 6.09 Å². The summed E-state index contributed by atoms with van der Waals surface area (Å²) in [4.78, 5) is 12.2. The van der Waals surface area contributed by atoms with Gasteiger partial charge in [0.2, 0.25) is 0 Å². The highest BCUT2D eigenvalue weighted by Gasteiger charge is 2.20. The highest BCUT2D eigenvalue weighted by molar-refractivity contribution is 5.67. The zero-order valence-corrected chi connectivity index (χ0v) is 15.0. The van der Waals surface area contributed by atoms with E-state index < -0.39 is 0 Å². The minimum atomic E-state index is -0.319. The van der Waals surface area contributed by atoms with Gasteiger partial charge in [-0.15, -0.1) is 6.58 Å². The first-order valence-electron chi connectivity index (χ1n) is 8.57. The fraction of sp³-hybridized carbons (Fsp3) is 0.550. The standard InChI is InChI=1S/C20H31NO2/c1-6-16(4)19(14-18-10-8-7-9-11-18)21-20(22)23-17(5)13-12-15(2)3/h7-11,16-17,19H,2,6,12-14H2,1,3-5H3,(H,21,22)/t16-,17-,19+/m1/s1. The lowest BCUT2D eigenvalue weighted by Gasteiger charge is -2.25. The van der Waals surface area contributed by atoms with Gasteiger partial charge >= 0.3 is 6.09 Å². The van der Waals surface area contributed by atoms with Crippen LogP contribution in [0.25, 0.3) is 0 Å². The van der Waals surface area contributed by atoms with Gasteiger partial charge in [0.05, 0.1) is 0 Å². The van der Waals surface area contributed by atoms with Crippen molar-refractivity contribution in [3.05, 3.63) is 48.0 Å². The molecule has 1 N–H and O–H groups in total. The summed E-state index contributed by atoms with van der Waals surface area (Å²) in [6.07, 6.45) is 3.12. The van der Waals surface area contributed by atoms with E-state index in [4.69, 9.17) is 4.74 Å². The molecule has 0 heterocycles. The van der Waals surface area contributed by atoms with Crippen LogP contribution < -0.4 is 5.32 Å². The fourth-order valence-electron chi connectivity index (χ4n) is 2.42. The number of carbonyl (C=O) groups excluding carboxylic acids is 1. The largest absolute Gasteiger partial charge is 0.447 e. The molecule has 0 saturated carbocycles. The van der Waals surface area contributed by atoms with E-state index in [0.717, 1.165) is 31.3 Å². The van der Waals surface area contributed by atoms with Crippen molar-refractivity contribution in [1.82, 2.24) is 5.32 Å². The van der Waals surface area contributed by atoms with Gasteiger partial charge in [-0.05, 0) is 44.6 Å². The Morgan fingerprint density at radius 3 is 2.48 bits per heavy atom. The zero-order chi connectivity index (χ0) is 17.2. The van der Waals surface area contributed by atoms with E-state index in [9.17, 15) is 4.79 Å². The Kier molecular flexibility index (Phi) is 8.46. The molecule has 0 bridgehead atoms. The van der Waals surface area contributed by atoms with Crippen molar-refractivity contribution in [2.45, 2.75) is 65.5 Å².